The lowest BCUT2D eigenvalue weighted by Gasteiger charge is -2.15. The number of anilines is 3. The van der Waals surface area contributed by atoms with Crippen molar-refractivity contribution in [2.24, 2.45) is 0 Å². The van der Waals surface area contributed by atoms with Gasteiger partial charge < -0.3 is 15.4 Å². The summed E-state index contributed by atoms with van der Waals surface area (Å²) in [5.74, 6) is 1.12. The number of aromatic nitrogens is 5. The maximum atomic E-state index is 12.7. The van der Waals surface area contributed by atoms with Crippen molar-refractivity contribution in [3.8, 4) is 0 Å². The molecular formula is C25H23N7O2S. The average molecular weight is 486 g/mol. The van der Waals surface area contributed by atoms with E-state index in [1.54, 1.807) is 4.52 Å². The van der Waals surface area contributed by atoms with Gasteiger partial charge >= 0.3 is 0 Å². The van der Waals surface area contributed by atoms with Crippen molar-refractivity contribution in [2.75, 3.05) is 17.7 Å². The molecule has 9 nitrogen and oxygen atoms in total. The highest BCUT2D eigenvalue weighted by atomic mass is 32.2. The standard InChI is InChI=1S/C25H23N7O2S/c1-16-15-21(30-29-16)27-23-20-9-6-14-32(20)31-25(28-23)35-19-12-10-18(11-13-19)26-24(33)22(34-2)17-7-4-3-5-8-17/h3-15,22H,1-2H3,(H,26,33)(H2,27,28,29,30,31). The summed E-state index contributed by atoms with van der Waals surface area (Å²) in [7, 11) is 1.52. The van der Waals surface area contributed by atoms with Crippen LogP contribution in [-0.4, -0.2) is 37.8 Å². The zero-order valence-corrected chi connectivity index (χ0v) is 19.9. The molecule has 35 heavy (non-hydrogen) atoms. The van der Waals surface area contributed by atoms with E-state index in [0.717, 1.165) is 21.7 Å². The van der Waals surface area contributed by atoms with Crippen LogP contribution in [0.1, 0.15) is 17.4 Å². The highest BCUT2D eigenvalue weighted by Crippen LogP contribution is 2.29. The fraction of sp³-hybridized carbons (Fsp3) is 0.120. The van der Waals surface area contributed by atoms with Crippen LogP contribution in [0.3, 0.4) is 0 Å². The monoisotopic (exact) mass is 485 g/mol. The normalized spacial score (nSPS) is 11.9. The van der Waals surface area contributed by atoms with Crippen molar-refractivity contribution in [1.82, 2.24) is 24.8 Å². The highest BCUT2D eigenvalue weighted by molar-refractivity contribution is 7.99. The fourth-order valence-electron chi connectivity index (χ4n) is 3.59. The van der Waals surface area contributed by atoms with E-state index in [9.17, 15) is 4.79 Å². The van der Waals surface area contributed by atoms with E-state index in [2.05, 4.69) is 25.9 Å². The number of methoxy groups -OCH3 is 1. The van der Waals surface area contributed by atoms with Gasteiger partial charge in [-0.2, -0.15) is 5.10 Å². The summed E-state index contributed by atoms with van der Waals surface area (Å²) < 4.78 is 7.19. The van der Waals surface area contributed by atoms with Gasteiger partial charge in [-0.3, -0.25) is 9.89 Å². The van der Waals surface area contributed by atoms with Crippen molar-refractivity contribution < 1.29 is 9.53 Å². The summed E-state index contributed by atoms with van der Waals surface area (Å²) in [6, 6.07) is 22.7. The van der Waals surface area contributed by atoms with Gasteiger partial charge in [-0.1, -0.05) is 30.3 Å². The van der Waals surface area contributed by atoms with Crippen LogP contribution in [0.4, 0.5) is 17.3 Å². The van der Waals surface area contributed by atoms with Gasteiger partial charge in [0, 0.05) is 35.6 Å². The Morgan fingerprint density at radius 3 is 2.60 bits per heavy atom. The van der Waals surface area contributed by atoms with Crippen LogP contribution in [0.2, 0.25) is 0 Å². The molecule has 2 aromatic carbocycles. The molecule has 5 rings (SSSR count). The van der Waals surface area contributed by atoms with Crippen LogP contribution in [0, 0.1) is 6.92 Å². The number of fused-ring (bicyclic) bond motifs is 1. The Morgan fingerprint density at radius 2 is 1.89 bits per heavy atom. The number of aromatic amines is 1. The second kappa shape index (κ2) is 10.00. The number of nitrogens with zero attached hydrogens (tertiary/aromatic N) is 4. The summed E-state index contributed by atoms with van der Waals surface area (Å²) in [5, 5.41) is 18.5. The number of nitrogens with one attached hydrogen (secondary N) is 3. The number of amides is 1. The number of aryl methyl sites for hydroxylation is 1. The molecule has 0 aliphatic heterocycles. The molecule has 1 atom stereocenters. The first-order valence-electron chi connectivity index (χ1n) is 10.9. The van der Waals surface area contributed by atoms with Crippen LogP contribution in [0.25, 0.3) is 5.52 Å². The van der Waals surface area contributed by atoms with Crippen molar-refractivity contribution in [2.45, 2.75) is 23.1 Å². The molecule has 0 radical (unpaired) electrons. The van der Waals surface area contributed by atoms with Crippen molar-refractivity contribution in [3.05, 3.63) is 90.3 Å². The maximum absolute atomic E-state index is 12.7. The average Bonchev–Trinajstić information content (AvgIpc) is 3.50. The van der Waals surface area contributed by atoms with E-state index < -0.39 is 6.10 Å². The quantitative estimate of drug-likeness (QED) is 0.284. The smallest absolute Gasteiger partial charge is 0.258 e. The number of benzene rings is 2. The Morgan fingerprint density at radius 1 is 1.09 bits per heavy atom. The van der Waals surface area contributed by atoms with Crippen LogP contribution >= 0.6 is 11.8 Å². The van der Waals surface area contributed by atoms with Gasteiger partial charge in [0.25, 0.3) is 5.91 Å². The summed E-state index contributed by atoms with van der Waals surface area (Å²) >= 11 is 1.42. The Labute approximate surface area is 205 Å². The third-order valence-corrected chi connectivity index (χ3v) is 6.09. The molecule has 0 fully saturated rings. The molecule has 0 aliphatic rings. The molecule has 5 aromatic rings. The first-order valence-corrected chi connectivity index (χ1v) is 11.7. The van der Waals surface area contributed by atoms with Crippen LogP contribution in [-0.2, 0) is 9.53 Å². The highest BCUT2D eigenvalue weighted by Gasteiger charge is 2.20. The molecular weight excluding hydrogens is 462 g/mol. The van der Waals surface area contributed by atoms with Gasteiger partial charge in [0.2, 0.25) is 5.16 Å². The molecule has 176 valence electrons. The van der Waals surface area contributed by atoms with Gasteiger partial charge in [0.15, 0.2) is 17.7 Å². The van der Waals surface area contributed by atoms with Crippen molar-refractivity contribution in [1.29, 1.82) is 0 Å². The zero-order valence-electron chi connectivity index (χ0n) is 19.1. The second-order valence-corrected chi connectivity index (χ2v) is 8.82. The van der Waals surface area contributed by atoms with Gasteiger partial charge in [0.05, 0.1) is 0 Å². The molecule has 0 aliphatic carbocycles. The molecule has 0 spiro atoms. The summed E-state index contributed by atoms with van der Waals surface area (Å²) in [6.45, 7) is 1.94. The van der Waals surface area contributed by atoms with Gasteiger partial charge in [-0.05, 0) is 60.6 Å². The summed E-state index contributed by atoms with van der Waals surface area (Å²) in [6.07, 6.45) is 1.19. The lowest BCUT2D eigenvalue weighted by atomic mass is 10.1. The molecule has 0 bridgehead atoms. The number of H-pyrrole nitrogens is 1. The van der Waals surface area contributed by atoms with E-state index in [1.165, 1.54) is 18.9 Å². The Kier molecular flexibility index (Phi) is 6.47. The number of carbonyl (C=O) groups excluding carboxylic acids is 1. The Bertz CT molecular complexity index is 1450. The Balaban J connectivity index is 1.30. The molecule has 3 aromatic heterocycles. The van der Waals surface area contributed by atoms with Gasteiger partial charge in [-0.15, -0.1) is 5.10 Å². The van der Waals surface area contributed by atoms with E-state index in [-0.39, 0.29) is 5.91 Å². The number of rotatable bonds is 8. The first kappa shape index (κ1) is 22.6. The van der Waals surface area contributed by atoms with Crippen LogP contribution in [0.15, 0.2) is 89.0 Å². The molecule has 0 saturated heterocycles. The number of hydrogen-bond donors (Lipinski definition) is 3. The lowest BCUT2D eigenvalue weighted by molar-refractivity contribution is -0.126. The van der Waals surface area contributed by atoms with Crippen molar-refractivity contribution >= 4 is 40.5 Å². The third kappa shape index (κ3) is 5.18. The summed E-state index contributed by atoms with van der Waals surface area (Å²) in [4.78, 5) is 18.4. The fourth-order valence-corrected chi connectivity index (χ4v) is 4.34. The van der Waals surface area contributed by atoms with Crippen LogP contribution < -0.4 is 10.6 Å². The first-order chi connectivity index (χ1) is 17.1. The molecule has 0 saturated carbocycles. The lowest BCUT2D eigenvalue weighted by Crippen LogP contribution is -2.22. The molecule has 10 heteroatoms. The van der Waals surface area contributed by atoms with Gasteiger partial charge in [-0.25, -0.2) is 9.50 Å². The number of ether oxygens (including phenoxy) is 1. The van der Waals surface area contributed by atoms with E-state index in [4.69, 9.17) is 9.72 Å². The van der Waals surface area contributed by atoms with E-state index >= 15 is 0 Å². The van der Waals surface area contributed by atoms with E-state index in [1.807, 2.05) is 85.9 Å². The predicted octanol–water partition coefficient (Wildman–Crippen LogP) is 4.98. The number of hydrogen-bond acceptors (Lipinski definition) is 7. The minimum absolute atomic E-state index is 0.232. The van der Waals surface area contributed by atoms with Crippen molar-refractivity contribution in [3.63, 3.8) is 0 Å². The molecule has 3 heterocycles. The number of carbonyl (C=O) groups is 1. The predicted molar refractivity (Wildman–Crippen MR) is 135 cm³/mol. The largest absolute Gasteiger partial charge is 0.367 e. The zero-order chi connectivity index (χ0) is 24.2. The minimum atomic E-state index is -0.684. The maximum Gasteiger partial charge on any atom is 0.258 e. The topological polar surface area (TPSA) is 109 Å². The SMILES string of the molecule is COC(C(=O)Nc1ccc(Sc2nc(Nc3cc(C)[nH]n3)c3cccn3n2)cc1)c1ccccc1. The third-order valence-electron chi connectivity index (χ3n) is 5.23. The summed E-state index contributed by atoms with van der Waals surface area (Å²) in [5.41, 5.74) is 3.27. The molecule has 3 N–H and O–H groups in total. The molecule has 1 unspecified atom stereocenters. The Hall–Kier alpha value is -4.15. The van der Waals surface area contributed by atoms with E-state index in [0.29, 0.717) is 22.5 Å². The molecule has 1 amide bonds. The minimum Gasteiger partial charge on any atom is -0.367 e. The van der Waals surface area contributed by atoms with Gasteiger partial charge in [0.1, 0.15) is 5.52 Å². The van der Waals surface area contributed by atoms with Crippen LogP contribution in [0.5, 0.6) is 0 Å². The second-order valence-electron chi connectivity index (χ2n) is 7.78.